The van der Waals surface area contributed by atoms with E-state index in [1.54, 1.807) is 0 Å². The lowest BCUT2D eigenvalue weighted by Crippen LogP contribution is -2.57. The number of carbonyl (C=O) groups excluding carboxylic acids is 1. The second-order valence-electron chi connectivity index (χ2n) is 5.31. The number of carboxylic acids is 1. The summed E-state index contributed by atoms with van der Waals surface area (Å²) in [5.74, 6) is -1.96. The van der Waals surface area contributed by atoms with Crippen molar-refractivity contribution >= 4 is 21.7 Å². The number of sulfone groups is 1. The molecule has 116 valence electrons. The van der Waals surface area contributed by atoms with E-state index in [1.807, 2.05) is 13.8 Å². The lowest BCUT2D eigenvalue weighted by Gasteiger charge is -2.37. The molecule has 1 saturated heterocycles. The normalized spacial score (nSPS) is 24.9. The Morgan fingerprint density at radius 1 is 1.45 bits per heavy atom. The summed E-state index contributed by atoms with van der Waals surface area (Å²) in [5, 5.41) is 8.87. The van der Waals surface area contributed by atoms with Crippen LogP contribution in [0, 0.1) is 5.92 Å². The third-order valence-electron chi connectivity index (χ3n) is 3.77. The molecule has 1 amide bonds. The lowest BCUT2D eigenvalue weighted by molar-refractivity contribution is -0.141. The van der Waals surface area contributed by atoms with E-state index in [4.69, 9.17) is 10.8 Å². The van der Waals surface area contributed by atoms with Gasteiger partial charge in [0.2, 0.25) is 5.91 Å². The highest BCUT2D eigenvalue weighted by molar-refractivity contribution is 7.91. The molecule has 8 heteroatoms. The van der Waals surface area contributed by atoms with Gasteiger partial charge in [-0.2, -0.15) is 0 Å². The van der Waals surface area contributed by atoms with E-state index in [0.717, 1.165) is 6.42 Å². The van der Waals surface area contributed by atoms with Crippen LogP contribution in [-0.2, 0) is 19.4 Å². The maximum atomic E-state index is 12.3. The number of nitrogens with two attached hydrogens (primary N) is 1. The predicted octanol–water partition coefficient (Wildman–Crippen LogP) is -0.540. The van der Waals surface area contributed by atoms with Crippen molar-refractivity contribution in [2.45, 2.75) is 38.8 Å². The molecule has 3 atom stereocenters. The van der Waals surface area contributed by atoms with Crippen molar-refractivity contribution in [2.75, 3.05) is 18.1 Å². The molecule has 7 nitrogen and oxygen atoms in total. The average Bonchev–Trinajstić information content (AvgIpc) is 2.34. The Kier molecular flexibility index (Phi) is 5.52. The zero-order chi connectivity index (χ0) is 15.5. The van der Waals surface area contributed by atoms with Crippen LogP contribution in [0.1, 0.15) is 26.7 Å². The molecule has 0 spiro atoms. The van der Waals surface area contributed by atoms with Gasteiger partial charge in [0, 0.05) is 6.54 Å². The molecule has 0 aromatic carbocycles. The average molecular weight is 306 g/mol. The van der Waals surface area contributed by atoms with Gasteiger partial charge in [-0.3, -0.25) is 9.59 Å². The maximum absolute atomic E-state index is 12.3. The number of aliphatic carboxylic acids is 1. The molecule has 1 aliphatic rings. The van der Waals surface area contributed by atoms with E-state index in [9.17, 15) is 18.0 Å². The van der Waals surface area contributed by atoms with Crippen LogP contribution in [-0.4, -0.2) is 60.4 Å². The molecule has 1 fully saturated rings. The largest absolute Gasteiger partial charge is 0.481 e. The zero-order valence-corrected chi connectivity index (χ0v) is 12.6. The number of carboxylic acid groups (broad SMARTS) is 1. The Hall–Kier alpha value is -1.15. The molecule has 0 aromatic rings. The molecule has 0 aromatic heterocycles. The van der Waals surface area contributed by atoms with Crippen molar-refractivity contribution in [1.29, 1.82) is 0 Å². The summed E-state index contributed by atoms with van der Waals surface area (Å²) in [6.45, 7) is 3.77. The van der Waals surface area contributed by atoms with Gasteiger partial charge in [0.15, 0.2) is 9.84 Å². The van der Waals surface area contributed by atoms with E-state index >= 15 is 0 Å². The Bertz CT molecular complexity index is 476. The highest BCUT2D eigenvalue weighted by Crippen LogP contribution is 2.18. The van der Waals surface area contributed by atoms with Crippen molar-refractivity contribution in [3.05, 3.63) is 0 Å². The Labute approximate surface area is 119 Å². The summed E-state index contributed by atoms with van der Waals surface area (Å²) < 4.78 is 23.2. The van der Waals surface area contributed by atoms with E-state index in [1.165, 1.54) is 4.90 Å². The minimum atomic E-state index is -3.29. The van der Waals surface area contributed by atoms with Crippen LogP contribution in [0.4, 0.5) is 0 Å². The summed E-state index contributed by atoms with van der Waals surface area (Å²) in [4.78, 5) is 24.5. The van der Waals surface area contributed by atoms with Crippen LogP contribution in [0.2, 0.25) is 0 Å². The lowest BCUT2D eigenvalue weighted by atomic mass is 9.98. The second kappa shape index (κ2) is 6.53. The maximum Gasteiger partial charge on any atom is 0.305 e. The fourth-order valence-corrected chi connectivity index (χ4v) is 3.76. The first kappa shape index (κ1) is 16.9. The first-order valence-corrected chi connectivity index (χ1v) is 8.48. The minimum Gasteiger partial charge on any atom is -0.481 e. The van der Waals surface area contributed by atoms with Crippen LogP contribution in [0.15, 0.2) is 0 Å². The monoisotopic (exact) mass is 306 g/mol. The van der Waals surface area contributed by atoms with Gasteiger partial charge in [-0.05, 0) is 5.92 Å². The van der Waals surface area contributed by atoms with Crippen LogP contribution in [0.3, 0.4) is 0 Å². The third kappa shape index (κ3) is 4.17. The van der Waals surface area contributed by atoms with Gasteiger partial charge < -0.3 is 15.7 Å². The second-order valence-corrected chi connectivity index (χ2v) is 7.54. The standard InChI is InChI=1S/C12H22N2O5S/c1-3-8(2)11(13)12(17)14-4-5-20(18,19)7-9(14)6-10(15)16/h8-9,11H,3-7,13H2,1-2H3,(H,15,16)/t8-,9?,11-/m0/s1. The van der Waals surface area contributed by atoms with Crippen LogP contribution < -0.4 is 5.73 Å². The van der Waals surface area contributed by atoms with Gasteiger partial charge in [-0.1, -0.05) is 20.3 Å². The fraction of sp³-hybridized carbons (Fsp3) is 0.833. The van der Waals surface area contributed by atoms with Crippen molar-refractivity contribution in [3.63, 3.8) is 0 Å². The quantitative estimate of drug-likeness (QED) is 0.704. The van der Waals surface area contributed by atoms with Crippen LogP contribution >= 0.6 is 0 Å². The SMILES string of the molecule is CC[C@H](C)[C@H](N)C(=O)N1CCS(=O)(=O)CC1CC(=O)O. The summed E-state index contributed by atoms with van der Waals surface area (Å²) in [6, 6.07) is -1.55. The zero-order valence-electron chi connectivity index (χ0n) is 11.8. The molecule has 20 heavy (non-hydrogen) atoms. The van der Waals surface area contributed by atoms with Crippen LogP contribution in [0.5, 0.6) is 0 Å². The summed E-state index contributed by atoms with van der Waals surface area (Å²) in [6.07, 6.45) is 0.348. The molecule has 0 radical (unpaired) electrons. The Morgan fingerprint density at radius 3 is 2.55 bits per heavy atom. The highest BCUT2D eigenvalue weighted by Gasteiger charge is 2.37. The third-order valence-corrected chi connectivity index (χ3v) is 5.46. The van der Waals surface area contributed by atoms with Gasteiger partial charge in [0.05, 0.1) is 30.0 Å². The van der Waals surface area contributed by atoms with Crippen molar-refractivity contribution in [2.24, 2.45) is 11.7 Å². The molecule has 0 saturated carbocycles. The molecular weight excluding hydrogens is 284 g/mol. The van der Waals surface area contributed by atoms with E-state index in [2.05, 4.69) is 0 Å². The number of rotatable bonds is 5. The number of hydrogen-bond donors (Lipinski definition) is 2. The summed E-state index contributed by atoms with van der Waals surface area (Å²) in [7, 11) is -3.29. The first-order valence-electron chi connectivity index (χ1n) is 6.66. The predicted molar refractivity (Wildman–Crippen MR) is 73.8 cm³/mol. The highest BCUT2D eigenvalue weighted by atomic mass is 32.2. The van der Waals surface area contributed by atoms with Crippen LogP contribution in [0.25, 0.3) is 0 Å². The number of hydrogen-bond acceptors (Lipinski definition) is 5. The molecule has 1 aliphatic heterocycles. The van der Waals surface area contributed by atoms with Gasteiger partial charge in [0.1, 0.15) is 0 Å². The van der Waals surface area contributed by atoms with Gasteiger partial charge in [-0.15, -0.1) is 0 Å². The number of nitrogens with zero attached hydrogens (tertiary/aromatic N) is 1. The fourth-order valence-electron chi connectivity index (χ4n) is 2.24. The summed E-state index contributed by atoms with van der Waals surface area (Å²) in [5.41, 5.74) is 5.87. The number of carbonyl (C=O) groups is 2. The molecule has 1 unspecified atom stereocenters. The first-order chi connectivity index (χ1) is 9.18. The van der Waals surface area contributed by atoms with Crippen molar-refractivity contribution in [1.82, 2.24) is 4.90 Å². The topological polar surface area (TPSA) is 118 Å². The molecule has 1 heterocycles. The van der Waals surface area contributed by atoms with E-state index < -0.39 is 27.9 Å². The van der Waals surface area contributed by atoms with Gasteiger partial charge in [0.25, 0.3) is 0 Å². The van der Waals surface area contributed by atoms with Gasteiger partial charge in [-0.25, -0.2) is 8.42 Å². The van der Waals surface area contributed by atoms with Crippen molar-refractivity contribution < 1.29 is 23.1 Å². The van der Waals surface area contributed by atoms with Gasteiger partial charge >= 0.3 is 5.97 Å². The Balaban J connectivity index is 2.90. The van der Waals surface area contributed by atoms with Crippen molar-refractivity contribution in [3.8, 4) is 0 Å². The summed E-state index contributed by atoms with van der Waals surface area (Å²) >= 11 is 0. The molecule has 0 aliphatic carbocycles. The minimum absolute atomic E-state index is 0.0171. The van der Waals surface area contributed by atoms with E-state index in [0.29, 0.717) is 0 Å². The number of amides is 1. The molecular formula is C12H22N2O5S. The molecule has 3 N–H and O–H groups in total. The molecule has 1 rings (SSSR count). The van der Waals surface area contributed by atoms with E-state index in [-0.39, 0.29) is 36.3 Å². The molecule has 0 bridgehead atoms. The Morgan fingerprint density at radius 2 is 2.05 bits per heavy atom. The smallest absolute Gasteiger partial charge is 0.305 e.